The molecule has 1 amide bonds. The summed E-state index contributed by atoms with van der Waals surface area (Å²) in [5.74, 6) is 1.70. The zero-order chi connectivity index (χ0) is 22.0. The zero-order valence-corrected chi connectivity index (χ0v) is 20.2. The largest absolute Gasteiger partial charge is 0.367 e. The highest BCUT2D eigenvalue weighted by Crippen LogP contribution is 2.31. The van der Waals surface area contributed by atoms with Crippen molar-refractivity contribution < 1.29 is 4.79 Å². The van der Waals surface area contributed by atoms with Crippen LogP contribution in [-0.2, 0) is 4.79 Å². The molecule has 0 radical (unpaired) electrons. The van der Waals surface area contributed by atoms with Gasteiger partial charge in [0, 0.05) is 42.2 Å². The molecule has 1 N–H and O–H groups in total. The monoisotopic (exact) mass is 503 g/mol. The van der Waals surface area contributed by atoms with Gasteiger partial charge in [-0.2, -0.15) is 9.61 Å². The number of piperidine rings is 1. The van der Waals surface area contributed by atoms with Gasteiger partial charge in [0.1, 0.15) is 5.82 Å². The summed E-state index contributed by atoms with van der Waals surface area (Å²) in [6, 6.07) is 9.96. The van der Waals surface area contributed by atoms with Gasteiger partial charge in [-0.3, -0.25) is 4.79 Å². The lowest BCUT2D eigenvalue weighted by atomic mass is 10.0. The van der Waals surface area contributed by atoms with E-state index in [1.165, 1.54) is 0 Å². The fourth-order valence-electron chi connectivity index (χ4n) is 3.90. The number of nitrogens with one attached hydrogen (secondary N) is 1. The summed E-state index contributed by atoms with van der Waals surface area (Å²) in [6.45, 7) is 5.87. The van der Waals surface area contributed by atoms with E-state index in [0.29, 0.717) is 17.4 Å². The van der Waals surface area contributed by atoms with E-state index in [1.54, 1.807) is 6.20 Å². The quantitative estimate of drug-likeness (QED) is 0.471. The Morgan fingerprint density at radius 2 is 2.03 bits per heavy atom. The molecule has 2 aromatic heterocycles. The normalized spacial score (nSPS) is 15.1. The number of hydrogen-bond donors (Lipinski definition) is 1. The number of fused-ring (bicyclic) bond motifs is 1. The summed E-state index contributed by atoms with van der Waals surface area (Å²) < 4.78 is 2.64. The second kappa shape index (κ2) is 9.57. The Balaban J connectivity index is 1.51. The molecule has 6 nitrogen and oxygen atoms in total. The van der Waals surface area contributed by atoms with Crippen LogP contribution in [0.25, 0.3) is 16.9 Å². The molecule has 1 aromatic carbocycles. The third kappa shape index (κ3) is 5.04. The summed E-state index contributed by atoms with van der Waals surface area (Å²) in [7, 11) is 0. The lowest BCUT2D eigenvalue weighted by molar-refractivity contribution is -0.132. The Morgan fingerprint density at radius 3 is 2.74 bits per heavy atom. The first-order valence-corrected chi connectivity index (χ1v) is 11.9. The van der Waals surface area contributed by atoms with Crippen molar-refractivity contribution in [3.05, 3.63) is 46.0 Å². The number of rotatable bonds is 6. The number of hydrogen-bond acceptors (Lipinski definition) is 4. The highest BCUT2D eigenvalue weighted by Gasteiger charge is 2.24. The lowest BCUT2D eigenvalue weighted by Crippen LogP contribution is -2.42. The number of nitrogens with zero attached hydrogens (tertiary/aromatic N) is 4. The van der Waals surface area contributed by atoms with Gasteiger partial charge in [-0.1, -0.05) is 43.6 Å². The van der Waals surface area contributed by atoms with Gasteiger partial charge in [0.05, 0.1) is 16.4 Å². The molecule has 0 saturated carbocycles. The van der Waals surface area contributed by atoms with Crippen molar-refractivity contribution in [1.82, 2.24) is 19.5 Å². The van der Waals surface area contributed by atoms with E-state index in [-0.39, 0.29) is 11.9 Å². The van der Waals surface area contributed by atoms with Crippen molar-refractivity contribution in [2.75, 3.05) is 18.4 Å². The fourth-order valence-corrected chi connectivity index (χ4v) is 4.48. The van der Waals surface area contributed by atoms with Crippen molar-refractivity contribution in [3.8, 4) is 11.3 Å². The summed E-state index contributed by atoms with van der Waals surface area (Å²) >= 11 is 9.98. The SMILES string of the molecule is CC(C)CCC(=O)N1CCC(Nc2cc(-c3ccccc3Cl)nc3c(Br)cnn23)CC1. The van der Waals surface area contributed by atoms with Crippen LogP contribution < -0.4 is 5.32 Å². The Labute approximate surface area is 196 Å². The molecule has 0 atom stereocenters. The first-order chi connectivity index (χ1) is 14.9. The summed E-state index contributed by atoms with van der Waals surface area (Å²) in [4.78, 5) is 19.2. The van der Waals surface area contributed by atoms with Crippen LogP contribution in [0.1, 0.15) is 39.5 Å². The van der Waals surface area contributed by atoms with Gasteiger partial charge >= 0.3 is 0 Å². The molecule has 1 fully saturated rings. The summed E-state index contributed by atoms with van der Waals surface area (Å²) in [6.07, 6.45) is 5.15. The van der Waals surface area contributed by atoms with Crippen LogP contribution in [0.3, 0.4) is 0 Å². The molecular weight excluding hydrogens is 478 g/mol. The van der Waals surface area contributed by atoms with Crippen LogP contribution in [0.5, 0.6) is 0 Å². The highest BCUT2D eigenvalue weighted by molar-refractivity contribution is 9.10. The zero-order valence-electron chi connectivity index (χ0n) is 17.8. The van der Waals surface area contributed by atoms with Gasteiger partial charge < -0.3 is 10.2 Å². The van der Waals surface area contributed by atoms with Gasteiger partial charge in [-0.25, -0.2) is 4.98 Å². The van der Waals surface area contributed by atoms with E-state index in [2.05, 4.69) is 40.2 Å². The molecule has 164 valence electrons. The molecule has 0 unspecified atom stereocenters. The minimum absolute atomic E-state index is 0.266. The van der Waals surface area contributed by atoms with Crippen LogP contribution in [-0.4, -0.2) is 44.5 Å². The lowest BCUT2D eigenvalue weighted by Gasteiger charge is -2.33. The van der Waals surface area contributed by atoms with E-state index < -0.39 is 0 Å². The van der Waals surface area contributed by atoms with Crippen LogP contribution >= 0.6 is 27.5 Å². The van der Waals surface area contributed by atoms with Crippen LogP contribution in [0.2, 0.25) is 5.02 Å². The molecular formula is C23H27BrClN5O. The smallest absolute Gasteiger partial charge is 0.222 e. The molecule has 31 heavy (non-hydrogen) atoms. The van der Waals surface area contributed by atoms with Gasteiger partial charge in [0.15, 0.2) is 5.65 Å². The topological polar surface area (TPSA) is 62.5 Å². The molecule has 3 aromatic rings. The minimum Gasteiger partial charge on any atom is -0.367 e. The Kier molecular flexibility index (Phi) is 6.82. The second-order valence-corrected chi connectivity index (χ2v) is 9.73. The fraction of sp³-hybridized carbons (Fsp3) is 0.435. The number of carbonyl (C=O) groups excluding carboxylic acids is 1. The molecule has 0 spiro atoms. The average molecular weight is 505 g/mol. The van der Waals surface area contributed by atoms with E-state index in [1.807, 2.05) is 39.7 Å². The van der Waals surface area contributed by atoms with Crippen molar-refractivity contribution >= 4 is 44.9 Å². The van der Waals surface area contributed by atoms with E-state index in [0.717, 1.165) is 59.5 Å². The predicted octanol–water partition coefficient (Wildman–Crippen LogP) is 5.65. The molecule has 4 rings (SSSR count). The molecule has 1 aliphatic heterocycles. The third-order valence-corrected chi connectivity index (χ3v) is 6.60. The molecule has 8 heteroatoms. The van der Waals surface area contributed by atoms with Crippen molar-refractivity contribution in [3.63, 3.8) is 0 Å². The number of amides is 1. The van der Waals surface area contributed by atoms with Crippen molar-refractivity contribution in [2.45, 2.75) is 45.6 Å². The second-order valence-electron chi connectivity index (χ2n) is 8.47. The van der Waals surface area contributed by atoms with E-state index >= 15 is 0 Å². The number of aromatic nitrogens is 3. The molecule has 0 aliphatic carbocycles. The van der Waals surface area contributed by atoms with Crippen molar-refractivity contribution in [1.29, 1.82) is 0 Å². The molecule has 3 heterocycles. The summed E-state index contributed by atoms with van der Waals surface area (Å²) in [5, 5.41) is 8.77. The van der Waals surface area contributed by atoms with Gasteiger partial charge in [0.2, 0.25) is 5.91 Å². The standard InChI is InChI=1S/C23H27BrClN5O/c1-15(2)7-8-22(31)29-11-9-16(10-12-29)27-21-13-20(17-5-3-4-6-19(17)25)28-23-18(24)14-26-30(21)23/h3-6,13-16,27H,7-12H2,1-2H3. The van der Waals surface area contributed by atoms with Crippen LogP contribution in [0.15, 0.2) is 41.0 Å². The average Bonchev–Trinajstić information content (AvgIpc) is 3.14. The number of benzene rings is 1. The van der Waals surface area contributed by atoms with Gasteiger partial charge in [-0.15, -0.1) is 0 Å². The summed E-state index contributed by atoms with van der Waals surface area (Å²) in [5.41, 5.74) is 2.41. The molecule has 1 saturated heterocycles. The highest BCUT2D eigenvalue weighted by atomic mass is 79.9. The first kappa shape index (κ1) is 22.1. The van der Waals surface area contributed by atoms with Crippen LogP contribution in [0, 0.1) is 5.92 Å². The maximum Gasteiger partial charge on any atom is 0.222 e. The van der Waals surface area contributed by atoms with E-state index in [9.17, 15) is 4.79 Å². The maximum absolute atomic E-state index is 12.4. The minimum atomic E-state index is 0.266. The Bertz CT molecular complexity index is 1080. The number of carbonyl (C=O) groups is 1. The maximum atomic E-state index is 12.4. The molecule has 0 bridgehead atoms. The number of anilines is 1. The third-order valence-electron chi connectivity index (χ3n) is 5.71. The Hall–Kier alpha value is -2.12. The Morgan fingerprint density at radius 1 is 1.29 bits per heavy atom. The van der Waals surface area contributed by atoms with Crippen molar-refractivity contribution in [2.24, 2.45) is 5.92 Å². The van der Waals surface area contributed by atoms with E-state index in [4.69, 9.17) is 16.6 Å². The van der Waals surface area contributed by atoms with Crippen LogP contribution in [0.4, 0.5) is 5.82 Å². The molecule has 1 aliphatic rings. The van der Waals surface area contributed by atoms with Gasteiger partial charge in [0.25, 0.3) is 0 Å². The predicted molar refractivity (Wildman–Crippen MR) is 128 cm³/mol. The number of halogens is 2. The number of likely N-dealkylation sites (tertiary alicyclic amines) is 1. The first-order valence-electron chi connectivity index (χ1n) is 10.8. The van der Waals surface area contributed by atoms with Gasteiger partial charge in [-0.05, 0) is 47.2 Å².